The number of thiophene rings is 1. The lowest BCUT2D eigenvalue weighted by molar-refractivity contribution is -0.130. The van der Waals surface area contributed by atoms with Crippen molar-refractivity contribution in [3.63, 3.8) is 0 Å². The number of carbonyl (C=O) groups is 1. The summed E-state index contributed by atoms with van der Waals surface area (Å²) in [7, 11) is 0. The highest BCUT2D eigenvalue weighted by molar-refractivity contribution is 9.11. The molecular formula is C10H12BrNOS. The Bertz CT molecular complexity index is 350. The molecule has 0 aliphatic carbocycles. The Kier molecular flexibility index (Phi) is 2.93. The third-order valence-corrected chi connectivity index (χ3v) is 4.15. The first-order valence-corrected chi connectivity index (χ1v) is 6.31. The lowest BCUT2D eigenvalue weighted by atomic mass is 10.1. The highest BCUT2D eigenvalue weighted by Gasteiger charge is 2.27. The third kappa shape index (κ3) is 2.01. The molecule has 0 aromatic carbocycles. The Hall–Kier alpha value is -0.350. The zero-order valence-corrected chi connectivity index (χ0v) is 10.4. The van der Waals surface area contributed by atoms with Crippen LogP contribution in [-0.2, 0) is 11.3 Å². The predicted octanol–water partition coefficient (Wildman–Crippen LogP) is 2.88. The molecule has 1 atom stereocenters. The molecule has 1 amide bonds. The minimum absolute atomic E-state index is 0.221. The van der Waals surface area contributed by atoms with Gasteiger partial charge in [-0.2, -0.15) is 0 Å². The van der Waals surface area contributed by atoms with Crippen LogP contribution in [0.2, 0.25) is 0 Å². The Labute approximate surface area is 96.0 Å². The SMILES string of the molecule is CC1CCN(Cc2ccc(Br)s2)C1=O. The number of halogens is 1. The van der Waals surface area contributed by atoms with Crippen LogP contribution in [0, 0.1) is 5.92 Å². The molecule has 1 aliphatic heterocycles. The first kappa shape index (κ1) is 10.2. The van der Waals surface area contributed by atoms with Crippen LogP contribution in [0.5, 0.6) is 0 Å². The van der Waals surface area contributed by atoms with E-state index in [1.54, 1.807) is 11.3 Å². The molecule has 1 aromatic heterocycles. The van der Waals surface area contributed by atoms with Gasteiger partial charge in [0.05, 0.1) is 10.3 Å². The number of rotatable bonds is 2. The standard InChI is InChI=1S/C10H12BrNOS/c1-7-4-5-12(10(7)13)6-8-2-3-9(11)14-8/h2-3,7H,4-6H2,1H3. The molecule has 2 nitrogen and oxygen atoms in total. The molecule has 0 spiro atoms. The molecule has 14 heavy (non-hydrogen) atoms. The Morgan fingerprint density at radius 3 is 2.93 bits per heavy atom. The van der Waals surface area contributed by atoms with Crippen LogP contribution < -0.4 is 0 Å². The fraction of sp³-hybridized carbons (Fsp3) is 0.500. The van der Waals surface area contributed by atoms with Crippen molar-refractivity contribution in [2.75, 3.05) is 6.54 Å². The van der Waals surface area contributed by atoms with Gasteiger partial charge >= 0.3 is 0 Å². The van der Waals surface area contributed by atoms with Crippen molar-refractivity contribution < 1.29 is 4.79 Å². The highest BCUT2D eigenvalue weighted by atomic mass is 79.9. The number of amides is 1. The van der Waals surface area contributed by atoms with E-state index in [4.69, 9.17) is 0 Å². The van der Waals surface area contributed by atoms with E-state index in [1.807, 2.05) is 17.9 Å². The van der Waals surface area contributed by atoms with Crippen molar-refractivity contribution in [1.29, 1.82) is 0 Å². The van der Waals surface area contributed by atoms with Gasteiger partial charge in [0.2, 0.25) is 5.91 Å². The first-order chi connectivity index (χ1) is 6.66. The number of hydrogen-bond donors (Lipinski definition) is 0. The van der Waals surface area contributed by atoms with Crippen molar-refractivity contribution in [2.24, 2.45) is 5.92 Å². The largest absolute Gasteiger partial charge is 0.337 e. The molecule has 4 heteroatoms. The second kappa shape index (κ2) is 4.03. The van der Waals surface area contributed by atoms with E-state index in [1.165, 1.54) is 4.88 Å². The summed E-state index contributed by atoms with van der Waals surface area (Å²) in [5, 5.41) is 0. The van der Waals surface area contributed by atoms with E-state index in [-0.39, 0.29) is 5.92 Å². The molecule has 1 fully saturated rings. The lowest BCUT2D eigenvalue weighted by Crippen LogP contribution is -2.25. The summed E-state index contributed by atoms with van der Waals surface area (Å²) in [6, 6.07) is 4.11. The zero-order chi connectivity index (χ0) is 10.1. The maximum Gasteiger partial charge on any atom is 0.225 e. The van der Waals surface area contributed by atoms with Gasteiger partial charge in [0.1, 0.15) is 0 Å². The van der Waals surface area contributed by atoms with Crippen LogP contribution in [0.15, 0.2) is 15.9 Å². The second-order valence-electron chi connectivity index (χ2n) is 3.66. The monoisotopic (exact) mass is 273 g/mol. The van der Waals surface area contributed by atoms with E-state index >= 15 is 0 Å². The molecule has 0 saturated carbocycles. The molecule has 0 radical (unpaired) electrons. The Morgan fingerprint density at radius 1 is 1.64 bits per heavy atom. The van der Waals surface area contributed by atoms with E-state index in [0.717, 1.165) is 23.3 Å². The number of likely N-dealkylation sites (tertiary alicyclic amines) is 1. The Balaban J connectivity index is 2.02. The lowest BCUT2D eigenvalue weighted by Gasteiger charge is -2.14. The van der Waals surface area contributed by atoms with Crippen LogP contribution >= 0.6 is 27.3 Å². The molecule has 0 N–H and O–H groups in total. The molecule has 1 aromatic rings. The maximum absolute atomic E-state index is 11.6. The summed E-state index contributed by atoms with van der Waals surface area (Å²) in [5.74, 6) is 0.521. The van der Waals surface area contributed by atoms with Crippen molar-refractivity contribution in [2.45, 2.75) is 19.9 Å². The summed E-state index contributed by atoms with van der Waals surface area (Å²) in [5.41, 5.74) is 0. The van der Waals surface area contributed by atoms with Gasteiger partial charge in [0.25, 0.3) is 0 Å². The van der Waals surface area contributed by atoms with Gasteiger partial charge < -0.3 is 4.90 Å². The van der Waals surface area contributed by atoms with Gasteiger partial charge in [0.15, 0.2) is 0 Å². The topological polar surface area (TPSA) is 20.3 Å². The van der Waals surface area contributed by atoms with Crippen LogP contribution in [0.25, 0.3) is 0 Å². The van der Waals surface area contributed by atoms with Gasteiger partial charge in [-0.25, -0.2) is 0 Å². The van der Waals surface area contributed by atoms with Crippen LogP contribution in [0.1, 0.15) is 18.2 Å². The number of hydrogen-bond acceptors (Lipinski definition) is 2. The smallest absolute Gasteiger partial charge is 0.225 e. The van der Waals surface area contributed by atoms with Crippen LogP contribution in [0.3, 0.4) is 0 Å². The molecule has 76 valence electrons. The van der Waals surface area contributed by atoms with Crippen molar-refractivity contribution in [3.05, 3.63) is 20.8 Å². The Morgan fingerprint density at radius 2 is 2.43 bits per heavy atom. The molecule has 0 bridgehead atoms. The fourth-order valence-corrected chi connectivity index (χ4v) is 3.18. The number of carbonyl (C=O) groups excluding carboxylic acids is 1. The molecule has 2 heterocycles. The maximum atomic E-state index is 11.6. The van der Waals surface area contributed by atoms with E-state index < -0.39 is 0 Å². The van der Waals surface area contributed by atoms with Crippen molar-refractivity contribution in [1.82, 2.24) is 4.90 Å². The van der Waals surface area contributed by atoms with E-state index in [9.17, 15) is 4.79 Å². The number of nitrogens with zero attached hydrogens (tertiary/aromatic N) is 1. The first-order valence-electron chi connectivity index (χ1n) is 4.70. The predicted molar refractivity (Wildman–Crippen MR) is 61.2 cm³/mol. The summed E-state index contributed by atoms with van der Waals surface area (Å²) < 4.78 is 1.13. The molecule has 2 rings (SSSR count). The van der Waals surface area contributed by atoms with Gasteiger partial charge in [-0.15, -0.1) is 11.3 Å². The minimum Gasteiger partial charge on any atom is -0.337 e. The summed E-state index contributed by atoms with van der Waals surface area (Å²) in [4.78, 5) is 14.8. The van der Waals surface area contributed by atoms with Gasteiger partial charge in [-0.1, -0.05) is 6.92 Å². The van der Waals surface area contributed by atoms with Crippen molar-refractivity contribution >= 4 is 33.2 Å². The molecular weight excluding hydrogens is 262 g/mol. The minimum atomic E-state index is 0.221. The summed E-state index contributed by atoms with van der Waals surface area (Å²) in [6.07, 6.45) is 1.01. The zero-order valence-electron chi connectivity index (χ0n) is 8.00. The second-order valence-corrected chi connectivity index (χ2v) is 6.20. The van der Waals surface area contributed by atoms with Gasteiger partial charge in [-0.05, 0) is 34.5 Å². The van der Waals surface area contributed by atoms with Crippen molar-refractivity contribution in [3.8, 4) is 0 Å². The summed E-state index contributed by atoms with van der Waals surface area (Å²) in [6.45, 7) is 3.70. The fourth-order valence-electron chi connectivity index (χ4n) is 1.68. The molecule has 1 saturated heterocycles. The summed E-state index contributed by atoms with van der Waals surface area (Å²) >= 11 is 5.12. The van der Waals surface area contributed by atoms with Gasteiger partial charge in [-0.3, -0.25) is 4.79 Å². The molecule has 1 unspecified atom stereocenters. The third-order valence-electron chi connectivity index (χ3n) is 2.54. The van der Waals surface area contributed by atoms with Crippen LogP contribution in [0.4, 0.5) is 0 Å². The average molecular weight is 274 g/mol. The normalized spacial score (nSPS) is 22.0. The van der Waals surface area contributed by atoms with Gasteiger partial charge in [0, 0.05) is 17.3 Å². The van der Waals surface area contributed by atoms with E-state index in [2.05, 4.69) is 22.0 Å². The highest BCUT2D eigenvalue weighted by Crippen LogP contribution is 2.26. The average Bonchev–Trinajstić information content (AvgIpc) is 2.67. The van der Waals surface area contributed by atoms with E-state index in [0.29, 0.717) is 5.91 Å². The quantitative estimate of drug-likeness (QED) is 0.812. The van der Waals surface area contributed by atoms with Crippen LogP contribution in [-0.4, -0.2) is 17.4 Å². The molecule has 1 aliphatic rings.